The van der Waals surface area contributed by atoms with E-state index in [1.165, 1.54) is 9.35 Å². The predicted octanol–water partition coefficient (Wildman–Crippen LogP) is 2.71. The molecule has 0 aromatic carbocycles. The molecule has 2 heterocycles. The van der Waals surface area contributed by atoms with E-state index in [0.29, 0.717) is 12.5 Å². The van der Waals surface area contributed by atoms with E-state index < -0.39 is 0 Å². The number of rotatable bonds is 3. The van der Waals surface area contributed by atoms with E-state index in [-0.39, 0.29) is 0 Å². The third-order valence-corrected chi connectivity index (χ3v) is 4.55. The summed E-state index contributed by atoms with van der Waals surface area (Å²) in [6.45, 7) is 3.66. The Bertz CT molecular complexity index is 307. The largest absolute Gasteiger partial charge is 0.396 e. The second-order valence-electron chi connectivity index (χ2n) is 4.16. The fraction of sp³-hybridized carbons (Fsp3) is 0.636. The molecule has 0 spiro atoms. The Morgan fingerprint density at radius 3 is 2.73 bits per heavy atom. The summed E-state index contributed by atoms with van der Waals surface area (Å²) < 4.78 is 1.21. The normalized spacial score (nSPS) is 19.6. The van der Waals surface area contributed by atoms with Gasteiger partial charge < -0.3 is 5.11 Å². The Morgan fingerprint density at radius 1 is 1.47 bits per heavy atom. The van der Waals surface area contributed by atoms with E-state index in [9.17, 15) is 0 Å². The quantitative estimate of drug-likeness (QED) is 0.925. The maximum absolute atomic E-state index is 9.05. The first-order valence-corrected chi connectivity index (χ1v) is 7.01. The van der Waals surface area contributed by atoms with Crippen LogP contribution < -0.4 is 0 Å². The summed E-state index contributed by atoms with van der Waals surface area (Å²) in [5.74, 6) is 0.537. The first-order chi connectivity index (χ1) is 7.28. The van der Waals surface area contributed by atoms with Gasteiger partial charge in [0.05, 0.1) is 3.79 Å². The molecule has 0 radical (unpaired) electrons. The van der Waals surface area contributed by atoms with Crippen molar-refractivity contribution in [2.45, 2.75) is 19.4 Å². The lowest BCUT2D eigenvalue weighted by molar-refractivity contribution is 0.127. The monoisotopic (exact) mass is 289 g/mol. The van der Waals surface area contributed by atoms with Gasteiger partial charge in [-0.1, -0.05) is 0 Å². The van der Waals surface area contributed by atoms with Crippen molar-refractivity contribution in [1.82, 2.24) is 4.90 Å². The summed E-state index contributed by atoms with van der Waals surface area (Å²) in [6.07, 6.45) is 2.28. The molecule has 0 aliphatic carbocycles. The molecule has 1 aliphatic heterocycles. The van der Waals surface area contributed by atoms with Gasteiger partial charge in [-0.2, -0.15) is 0 Å². The highest BCUT2D eigenvalue weighted by molar-refractivity contribution is 9.11. The number of halogens is 1. The first-order valence-electron chi connectivity index (χ1n) is 5.34. The van der Waals surface area contributed by atoms with Gasteiger partial charge in [-0.25, -0.2) is 0 Å². The van der Waals surface area contributed by atoms with E-state index in [1.54, 1.807) is 11.3 Å². The summed E-state index contributed by atoms with van der Waals surface area (Å²) in [5.41, 5.74) is 1.40. The van der Waals surface area contributed by atoms with Crippen molar-refractivity contribution in [2.24, 2.45) is 5.92 Å². The fourth-order valence-electron chi connectivity index (χ4n) is 2.01. The van der Waals surface area contributed by atoms with Crippen LogP contribution in [0.2, 0.25) is 0 Å². The van der Waals surface area contributed by atoms with E-state index in [4.69, 9.17) is 5.11 Å². The molecule has 1 saturated heterocycles. The minimum atomic E-state index is 0.359. The van der Waals surface area contributed by atoms with Crippen LogP contribution in [-0.2, 0) is 6.54 Å². The average molecular weight is 290 g/mol. The van der Waals surface area contributed by atoms with Crippen LogP contribution in [0.5, 0.6) is 0 Å². The topological polar surface area (TPSA) is 23.5 Å². The van der Waals surface area contributed by atoms with Crippen LogP contribution in [0.25, 0.3) is 0 Å². The van der Waals surface area contributed by atoms with Crippen LogP contribution in [0.4, 0.5) is 0 Å². The molecule has 1 aromatic heterocycles. The van der Waals surface area contributed by atoms with Crippen LogP contribution in [-0.4, -0.2) is 29.7 Å². The Morgan fingerprint density at radius 2 is 2.20 bits per heavy atom. The smallest absolute Gasteiger partial charge is 0.0701 e. The van der Waals surface area contributed by atoms with Crippen molar-refractivity contribution in [3.8, 4) is 0 Å². The summed E-state index contributed by atoms with van der Waals surface area (Å²) in [6, 6.07) is 2.20. The number of thiophene rings is 1. The van der Waals surface area contributed by atoms with Crippen molar-refractivity contribution in [2.75, 3.05) is 19.7 Å². The van der Waals surface area contributed by atoms with Crippen molar-refractivity contribution in [3.05, 3.63) is 20.8 Å². The fourth-order valence-corrected chi connectivity index (χ4v) is 3.21. The van der Waals surface area contributed by atoms with E-state index >= 15 is 0 Å². The number of hydrogen-bond donors (Lipinski definition) is 1. The second kappa shape index (κ2) is 5.43. The SMILES string of the molecule is OCC1CCN(Cc2csc(Br)c2)CC1. The van der Waals surface area contributed by atoms with Crippen molar-refractivity contribution < 1.29 is 5.11 Å². The molecule has 84 valence electrons. The molecular formula is C11H16BrNOS. The lowest BCUT2D eigenvalue weighted by atomic mass is 9.98. The third kappa shape index (κ3) is 3.28. The lowest BCUT2D eigenvalue weighted by Crippen LogP contribution is -2.34. The van der Waals surface area contributed by atoms with Crippen LogP contribution in [0, 0.1) is 5.92 Å². The first kappa shape index (κ1) is 11.6. The summed E-state index contributed by atoms with van der Waals surface area (Å²) in [7, 11) is 0. The Kier molecular flexibility index (Phi) is 4.20. The van der Waals surface area contributed by atoms with Gasteiger partial charge in [-0.3, -0.25) is 4.90 Å². The lowest BCUT2D eigenvalue weighted by Gasteiger charge is -2.30. The average Bonchev–Trinajstić information content (AvgIpc) is 2.65. The highest BCUT2D eigenvalue weighted by atomic mass is 79.9. The zero-order valence-electron chi connectivity index (χ0n) is 8.66. The number of nitrogens with zero attached hydrogens (tertiary/aromatic N) is 1. The van der Waals surface area contributed by atoms with E-state index in [1.807, 2.05) is 0 Å². The van der Waals surface area contributed by atoms with Gasteiger partial charge in [0.25, 0.3) is 0 Å². The molecule has 0 saturated carbocycles. The molecule has 1 aromatic rings. The minimum Gasteiger partial charge on any atom is -0.396 e. The van der Waals surface area contributed by atoms with E-state index in [0.717, 1.165) is 32.5 Å². The molecule has 15 heavy (non-hydrogen) atoms. The molecule has 1 N–H and O–H groups in total. The Labute approximate surface area is 103 Å². The molecule has 0 unspecified atom stereocenters. The number of piperidine rings is 1. The van der Waals surface area contributed by atoms with Gasteiger partial charge in [-0.05, 0) is 64.8 Å². The maximum atomic E-state index is 9.05. The number of aliphatic hydroxyl groups is 1. The number of hydrogen-bond acceptors (Lipinski definition) is 3. The summed E-state index contributed by atoms with van der Waals surface area (Å²) in [4.78, 5) is 2.47. The molecule has 0 atom stereocenters. The molecule has 2 nitrogen and oxygen atoms in total. The van der Waals surface area contributed by atoms with Gasteiger partial charge in [0.15, 0.2) is 0 Å². The molecule has 1 fully saturated rings. The van der Waals surface area contributed by atoms with Gasteiger partial charge in [-0.15, -0.1) is 11.3 Å². The van der Waals surface area contributed by atoms with E-state index in [2.05, 4.69) is 32.3 Å². The number of likely N-dealkylation sites (tertiary alicyclic amines) is 1. The highest BCUT2D eigenvalue weighted by Crippen LogP contribution is 2.23. The highest BCUT2D eigenvalue weighted by Gasteiger charge is 2.18. The maximum Gasteiger partial charge on any atom is 0.0701 e. The molecule has 2 rings (SSSR count). The van der Waals surface area contributed by atoms with Gasteiger partial charge in [0.1, 0.15) is 0 Å². The summed E-state index contributed by atoms with van der Waals surface area (Å²) in [5, 5.41) is 11.3. The van der Waals surface area contributed by atoms with Crippen molar-refractivity contribution >= 4 is 27.3 Å². The molecule has 4 heteroatoms. The Hall–Kier alpha value is 0.100. The standard InChI is InChI=1S/C11H16BrNOS/c12-11-5-10(8-15-11)6-13-3-1-9(7-14)2-4-13/h5,8-9,14H,1-4,6-7H2. The van der Waals surface area contributed by atoms with Crippen molar-refractivity contribution in [1.29, 1.82) is 0 Å². The summed E-state index contributed by atoms with van der Waals surface area (Å²) >= 11 is 5.23. The zero-order chi connectivity index (χ0) is 10.7. The molecule has 1 aliphatic rings. The van der Waals surface area contributed by atoms with Crippen LogP contribution in [0.3, 0.4) is 0 Å². The number of aliphatic hydroxyl groups excluding tert-OH is 1. The molecular weight excluding hydrogens is 274 g/mol. The van der Waals surface area contributed by atoms with Gasteiger partial charge in [0, 0.05) is 13.2 Å². The van der Waals surface area contributed by atoms with Crippen LogP contribution in [0.1, 0.15) is 18.4 Å². The minimum absolute atomic E-state index is 0.359. The van der Waals surface area contributed by atoms with Crippen molar-refractivity contribution in [3.63, 3.8) is 0 Å². The predicted molar refractivity (Wildman–Crippen MR) is 67.1 cm³/mol. The molecule has 0 bridgehead atoms. The second-order valence-corrected chi connectivity index (χ2v) is 6.45. The van der Waals surface area contributed by atoms with Gasteiger partial charge >= 0.3 is 0 Å². The third-order valence-electron chi connectivity index (χ3n) is 2.99. The molecule has 0 amide bonds. The zero-order valence-corrected chi connectivity index (χ0v) is 11.1. The van der Waals surface area contributed by atoms with Gasteiger partial charge in [0.2, 0.25) is 0 Å². The van der Waals surface area contributed by atoms with Crippen LogP contribution >= 0.6 is 27.3 Å². The van der Waals surface area contributed by atoms with Crippen LogP contribution in [0.15, 0.2) is 15.2 Å². The Balaban J connectivity index is 1.82.